The summed E-state index contributed by atoms with van der Waals surface area (Å²) >= 11 is 0. The van der Waals surface area contributed by atoms with E-state index in [0.717, 1.165) is 67.8 Å². The van der Waals surface area contributed by atoms with Crippen LogP contribution in [0.2, 0.25) is 0 Å². The number of hydrogen-bond acceptors (Lipinski definition) is 3. The number of alkyl halides is 1. The van der Waals surface area contributed by atoms with E-state index in [-0.39, 0.29) is 6.67 Å². The van der Waals surface area contributed by atoms with Gasteiger partial charge in [0.05, 0.1) is 19.3 Å². The van der Waals surface area contributed by atoms with Crippen molar-refractivity contribution in [1.29, 1.82) is 0 Å². The molecule has 38 heavy (non-hydrogen) atoms. The third-order valence-corrected chi connectivity index (χ3v) is 7.96. The van der Waals surface area contributed by atoms with Crippen molar-refractivity contribution < 1.29 is 19.0 Å². The van der Waals surface area contributed by atoms with Crippen LogP contribution in [-0.4, -0.2) is 49.4 Å². The maximum absolute atomic E-state index is 12.5. The number of nitrogens with zero attached hydrogens (tertiary/aromatic N) is 1. The van der Waals surface area contributed by atoms with E-state index in [4.69, 9.17) is 4.74 Å². The Balaban J connectivity index is 1.51. The van der Waals surface area contributed by atoms with Gasteiger partial charge in [0.15, 0.2) is 0 Å². The lowest BCUT2D eigenvalue weighted by molar-refractivity contribution is 0.0696. The number of hydrogen-bond donors (Lipinski definition) is 1. The summed E-state index contributed by atoms with van der Waals surface area (Å²) < 4.78 is 17.9. The maximum atomic E-state index is 12.5. The van der Waals surface area contributed by atoms with E-state index in [1.807, 2.05) is 18.2 Å². The largest absolute Gasteiger partial charge is 0.497 e. The number of aromatic carboxylic acids is 1. The second kappa shape index (κ2) is 11.5. The van der Waals surface area contributed by atoms with Gasteiger partial charge in [0.2, 0.25) is 0 Å². The zero-order valence-electron chi connectivity index (χ0n) is 22.3. The maximum Gasteiger partial charge on any atom is 0.335 e. The molecule has 1 saturated heterocycles. The molecule has 3 aromatic rings. The molecule has 5 heteroatoms. The minimum absolute atomic E-state index is 0.239. The standard InChI is InChI=1S/C33H36FNO3/c1-22-17-28(38-2)12-14-29(22)31-6-3-5-26-19-27(33(36)37)11-13-30(26)32(31)25-9-7-23(8-10-25)18-24-20-35(21-24)16-4-15-34/h7-14,17,19,24H,3-6,15-16,18,20-21H2,1-2H3,(H,36,37). The van der Waals surface area contributed by atoms with Crippen molar-refractivity contribution in [2.24, 2.45) is 5.92 Å². The summed E-state index contributed by atoms with van der Waals surface area (Å²) in [6.45, 7) is 4.84. The molecule has 0 radical (unpaired) electrons. The first-order valence-corrected chi connectivity index (χ1v) is 13.6. The molecule has 1 aliphatic carbocycles. The van der Waals surface area contributed by atoms with E-state index < -0.39 is 5.97 Å². The monoisotopic (exact) mass is 513 g/mol. The summed E-state index contributed by atoms with van der Waals surface area (Å²) in [6.07, 6.45) is 4.38. The Kier molecular flexibility index (Phi) is 7.94. The van der Waals surface area contributed by atoms with Crippen LogP contribution in [0.25, 0.3) is 11.1 Å². The van der Waals surface area contributed by atoms with Gasteiger partial charge in [-0.15, -0.1) is 0 Å². The Morgan fingerprint density at radius 3 is 2.47 bits per heavy atom. The number of likely N-dealkylation sites (tertiary alicyclic amines) is 1. The fraction of sp³-hybridized carbons (Fsp3) is 0.364. The highest BCUT2D eigenvalue weighted by Gasteiger charge is 2.26. The predicted octanol–water partition coefficient (Wildman–Crippen LogP) is 6.83. The van der Waals surface area contributed by atoms with Crippen LogP contribution < -0.4 is 4.74 Å². The number of halogens is 1. The smallest absolute Gasteiger partial charge is 0.335 e. The van der Waals surface area contributed by atoms with Crippen molar-refractivity contribution in [3.8, 4) is 5.75 Å². The summed E-state index contributed by atoms with van der Waals surface area (Å²) in [7, 11) is 1.69. The number of ether oxygens (including phenoxy) is 1. The average molecular weight is 514 g/mol. The molecule has 0 aromatic heterocycles. The van der Waals surface area contributed by atoms with Crippen LogP contribution in [0.15, 0.2) is 60.7 Å². The minimum Gasteiger partial charge on any atom is -0.497 e. The third kappa shape index (κ3) is 5.53. The number of carbonyl (C=O) groups is 1. The number of methoxy groups -OCH3 is 1. The molecule has 0 saturated carbocycles. The zero-order valence-corrected chi connectivity index (χ0v) is 22.3. The van der Waals surface area contributed by atoms with Crippen LogP contribution in [0.1, 0.15) is 63.0 Å². The van der Waals surface area contributed by atoms with Crippen molar-refractivity contribution in [3.63, 3.8) is 0 Å². The van der Waals surface area contributed by atoms with E-state index in [1.165, 1.54) is 27.8 Å². The lowest BCUT2D eigenvalue weighted by atomic mass is 9.85. The van der Waals surface area contributed by atoms with Crippen LogP contribution in [-0.2, 0) is 12.8 Å². The molecule has 1 fully saturated rings. The number of benzene rings is 3. The zero-order chi connectivity index (χ0) is 26.6. The van der Waals surface area contributed by atoms with Crippen molar-refractivity contribution >= 4 is 17.1 Å². The average Bonchev–Trinajstić information content (AvgIpc) is 3.09. The minimum atomic E-state index is -0.891. The summed E-state index contributed by atoms with van der Waals surface area (Å²) in [6, 6.07) is 20.7. The lowest BCUT2D eigenvalue weighted by Crippen LogP contribution is -2.47. The Morgan fingerprint density at radius 2 is 1.79 bits per heavy atom. The van der Waals surface area contributed by atoms with Gasteiger partial charge in [-0.2, -0.15) is 0 Å². The Labute approximate surface area is 224 Å². The molecule has 0 amide bonds. The van der Waals surface area contributed by atoms with Crippen LogP contribution in [0.4, 0.5) is 4.39 Å². The van der Waals surface area contributed by atoms with E-state index in [2.05, 4.69) is 48.2 Å². The highest BCUT2D eigenvalue weighted by molar-refractivity contribution is 6.01. The van der Waals surface area contributed by atoms with E-state index in [1.54, 1.807) is 13.2 Å². The molecule has 0 bridgehead atoms. The lowest BCUT2D eigenvalue weighted by Gasteiger charge is -2.39. The normalized spacial score (nSPS) is 16.1. The van der Waals surface area contributed by atoms with Gasteiger partial charge >= 0.3 is 5.97 Å². The van der Waals surface area contributed by atoms with E-state index in [9.17, 15) is 14.3 Å². The first-order chi connectivity index (χ1) is 18.5. The highest BCUT2D eigenvalue weighted by atomic mass is 19.1. The van der Waals surface area contributed by atoms with Gasteiger partial charge in [0.25, 0.3) is 0 Å². The Bertz CT molecular complexity index is 1340. The van der Waals surface area contributed by atoms with Gasteiger partial charge < -0.3 is 14.7 Å². The molecular weight excluding hydrogens is 477 g/mol. The first-order valence-electron chi connectivity index (χ1n) is 13.6. The number of fused-ring (bicyclic) bond motifs is 1. The predicted molar refractivity (Wildman–Crippen MR) is 151 cm³/mol. The SMILES string of the molecule is COc1ccc(C2=C(c3ccc(CC4CN(CCCF)C4)cc3)c3ccc(C(=O)O)cc3CCC2)c(C)c1. The van der Waals surface area contributed by atoms with Crippen molar-refractivity contribution in [1.82, 2.24) is 4.90 Å². The molecule has 1 heterocycles. The summed E-state index contributed by atoms with van der Waals surface area (Å²) in [5, 5.41) is 9.60. The fourth-order valence-corrected chi connectivity index (χ4v) is 6.03. The third-order valence-electron chi connectivity index (χ3n) is 7.96. The molecule has 1 N–H and O–H groups in total. The van der Waals surface area contributed by atoms with Gasteiger partial charge in [0, 0.05) is 19.6 Å². The molecule has 0 spiro atoms. The quantitative estimate of drug-likeness (QED) is 0.341. The number of allylic oxidation sites excluding steroid dienone is 1. The molecule has 198 valence electrons. The number of carboxylic acid groups (broad SMARTS) is 1. The van der Waals surface area contributed by atoms with Crippen molar-refractivity contribution in [3.05, 3.63) is 99.6 Å². The molecule has 0 atom stereocenters. The Hall–Kier alpha value is -3.44. The molecule has 2 aliphatic rings. The summed E-state index contributed by atoms with van der Waals surface area (Å²) in [4.78, 5) is 14.0. The number of rotatable bonds is 9. The molecule has 5 rings (SSSR count). The summed E-state index contributed by atoms with van der Waals surface area (Å²) in [5.74, 6) is 0.583. The van der Waals surface area contributed by atoms with Crippen molar-refractivity contribution in [2.45, 2.75) is 39.0 Å². The molecule has 3 aromatic carbocycles. The van der Waals surface area contributed by atoms with E-state index >= 15 is 0 Å². The Morgan fingerprint density at radius 1 is 1.03 bits per heavy atom. The highest BCUT2D eigenvalue weighted by Crippen LogP contribution is 2.41. The second-order valence-corrected chi connectivity index (χ2v) is 10.6. The van der Waals surface area contributed by atoms with Gasteiger partial charge in [-0.05, 0) is 114 Å². The first kappa shape index (κ1) is 26.2. The van der Waals surface area contributed by atoms with Crippen LogP contribution >= 0.6 is 0 Å². The molecule has 0 unspecified atom stereocenters. The molecule has 4 nitrogen and oxygen atoms in total. The van der Waals surface area contributed by atoms with Crippen LogP contribution in [0.5, 0.6) is 5.75 Å². The second-order valence-electron chi connectivity index (χ2n) is 10.6. The van der Waals surface area contributed by atoms with E-state index in [0.29, 0.717) is 17.9 Å². The van der Waals surface area contributed by atoms with Gasteiger partial charge in [-0.25, -0.2) is 4.79 Å². The number of carboxylic acids is 1. The van der Waals surface area contributed by atoms with Gasteiger partial charge in [-0.1, -0.05) is 36.4 Å². The molecule has 1 aliphatic heterocycles. The molecular formula is C33H36FNO3. The van der Waals surface area contributed by atoms with Gasteiger partial charge in [-0.3, -0.25) is 4.39 Å². The summed E-state index contributed by atoms with van der Waals surface area (Å²) in [5.41, 5.74) is 9.89. The van der Waals surface area contributed by atoms with Gasteiger partial charge in [0.1, 0.15) is 5.75 Å². The van der Waals surface area contributed by atoms with Crippen molar-refractivity contribution in [2.75, 3.05) is 33.4 Å². The topological polar surface area (TPSA) is 49.8 Å². The fourth-order valence-electron chi connectivity index (χ4n) is 6.03. The van der Waals surface area contributed by atoms with Crippen LogP contribution in [0.3, 0.4) is 0 Å². The van der Waals surface area contributed by atoms with Crippen LogP contribution in [0, 0.1) is 12.8 Å². The number of aryl methyl sites for hydroxylation is 2.